The van der Waals surface area contributed by atoms with E-state index in [1.807, 2.05) is 12.4 Å². The lowest BCUT2D eigenvalue weighted by molar-refractivity contribution is 0.866. The largest absolute Gasteiger partial charge is 0.372 e. The summed E-state index contributed by atoms with van der Waals surface area (Å²) in [6.45, 7) is 14.2. The van der Waals surface area contributed by atoms with Gasteiger partial charge in [0, 0.05) is 50.0 Å². The summed E-state index contributed by atoms with van der Waals surface area (Å²) in [5.41, 5.74) is 4.79. The van der Waals surface area contributed by atoms with E-state index in [1.54, 1.807) is 0 Å². The van der Waals surface area contributed by atoms with Gasteiger partial charge in [0.25, 0.3) is 0 Å². The van der Waals surface area contributed by atoms with E-state index in [4.69, 9.17) is 0 Å². The maximum atomic E-state index is 4.49. The number of rotatable bonds is 11. The van der Waals surface area contributed by atoms with Crippen molar-refractivity contribution < 1.29 is 0 Å². The lowest BCUT2D eigenvalue weighted by Crippen LogP contribution is -2.21. The predicted molar refractivity (Wildman–Crippen MR) is 125 cm³/mol. The highest BCUT2D eigenvalue weighted by atomic mass is 15.1. The molecule has 2 rings (SSSR count). The third-order valence-electron chi connectivity index (χ3n) is 4.88. The van der Waals surface area contributed by atoms with Crippen molar-refractivity contribution in [2.24, 2.45) is 9.98 Å². The first-order valence-corrected chi connectivity index (χ1v) is 10.4. The maximum absolute atomic E-state index is 4.49. The zero-order valence-electron chi connectivity index (χ0n) is 17.8. The number of anilines is 2. The molecule has 0 saturated carbocycles. The van der Waals surface area contributed by atoms with E-state index in [1.165, 1.54) is 11.4 Å². The molecule has 2 aromatic carbocycles. The van der Waals surface area contributed by atoms with E-state index in [0.29, 0.717) is 13.1 Å². The summed E-state index contributed by atoms with van der Waals surface area (Å²) < 4.78 is 0. The number of benzene rings is 2. The van der Waals surface area contributed by atoms with Crippen molar-refractivity contribution >= 4 is 23.8 Å². The fourth-order valence-electron chi connectivity index (χ4n) is 3.18. The van der Waals surface area contributed by atoms with Gasteiger partial charge in [-0.3, -0.25) is 9.98 Å². The molecule has 0 saturated heterocycles. The number of hydrogen-bond donors (Lipinski definition) is 0. The van der Waals surface area contributed by atoms with Crippen molar-refractivity contribution in [3.63, 3.8) is 0 Å². The molecule has 0 aliphatic carbocycles. The molecule has 0 fully saturated rings. The molecule has 0 N–H and O–H groups in total. The Kier molecular flexibility index (Phi) is 9.26. The van der Waals surface area contributed by atoms with Gasteiger partial charge < -0.3 is 9.80 Å². The molecule has 0 bridgehead atoms. The van der Waals surface area contributed by atoms with Crippen LogP contribution in [0.3, 0.4) is 0 Å². The molecular formula is C24H34N4. The lowest BCUT2D eigenvalue weighted by atomic mass is 10.2. The maximum Gasteiger partial charge on any atom is 0.0585 e. The van der Waals surface area contributed by atoms with Gasteiger partial charge in [0.15, 0.2) is 0 Å². The number of aliphatic imine (C=N–C) groups is 2. The second kappa shape index (κ2) is 12.0. The average Bonchev–Trinajstić information content (AvgIpc) is 2.74. The van der Waals surface area contributed by atoms with Crippen molar-refractivity contribution in [2.45, 2.75) is 27.7 Å². The Labute approximate surface area is 170 Å². The van der Waals surface area contributed by atoms with Gasteiger partial charge in [0.1, 0.15) is 0 Å². The summed E-state index contributed by atoms with van der Waals surface area (Å²) in [6.07, 6.45) is 3.86. The van der Waals surface area contributed by atoms with E-state index >= 15 is 0 Å². The van der Waals surface area contributed by atoms with Gasteiger partial charge in [-0.15, -0.1) is 0 Å². The van der Waals surface area contributed by atoms with Crippen molar-refractivity contribution in [3.05, 3.63) is 59.7 Å². The Hall–Kier alpha value is -2.62. The highest BCUT2D eigenvalue weighted by molar-refractivity contribution is 5.81. The van der Waals surface area contributed by atoms with Crippen LogP contribution in [0.25, 0.3) is 0 Å². The summed E-state index contributed by atoms with van der Waals surface area (Å²) in [4.78, 5) is 13.7. The van der Waals surface area contributed by atoms with Crippen LogP contribution >= 0.6 is 0 Å². The molecule has 0 aliphatic heterocycles. The summed E-state index contributed by atoms with van der Waals surface area (Å²) in [6, 6.07) is 17.1. The van der Waals surface area contributed by atoms with E-state index in [9.17, 15) is 0 Å². The number of nitrogens with zero attached hydrogens (tertiary/aromatic N) is 4. The third kappa shape index (κ3) is 6.52. The van der Waals surface area contributed by atoms with Gasteiger partial charge in [-0.1, -0.05) is 24.3 Å². The van der Waals surface area contributed by atoms with Crippen LogP contribution in [0.2, 0.25) is 0 Å². The first-order chi connectivity index (χ1) is 13.7. The Balaban J connectivity index is 1.78. The molecule has 0 amide bonds. The topological polar surface area (TPSA) is 31.2 Å². The van der Waals surface area contributed by atoms with Crippen LogP contribution in [-0.4, -0.2) is 51.7 Å². The Morgan fingerprint density at radius 3 is 1.18 bits per heavy atom. The minimum atomic E-state index is 0.700. The van der Waals surface area contributed by atoms with Gasteiger partial charge in [-0.25, -0.2) is 0 Å². The smallest absolute Gasteiger partial charge is 0.0585 e. The van der Waals surface area contributed by atoms with Crippen molar-refractivity contribution in [3.8, 4) is 0 Å². The fourth-order valence-corrected chi connectivity index (χ4v) is 3.18. The molecule has 0 radical (unpaired) electrons. The van der Waals surface area contributed by atoms with E-state index in [2.05, 4.69) is 96.0 Å². The minimum absolute atomic E-state index is 0.700. The van der Waals surface area contributed by atoms with Crippen molar-refractivity contribution in [1.29, 1.82) is 0 Å². The molecule has 2 aromatic rings. The van der Waals surface area contributed by atoms with Crippen molar-refractivity contribution in [1.82, 2.24) is 0 Å². The van der Waals surface area contributed by atoms with Crippen LogP contribution < -0.4 is 9.80 Å². The molecule has 4 heteroatoms. The zero-order valence-corrected chi connectivity index (χ0v) is 17.8. The van der Waals surface area contributed by atoms with Crippen LogP contribution in [0.1, 0.15) is 38.8 Å². The molecule has 0 aromatic heterocycles. The molecule has 0 aliphatic rings. The SMILES string of the molecule is CCN(CC)c1ccc(/C=N/CC/N=C/c2ccc(N(CC)CC)cc2)cc1. The van der Waals surface area contributed by atoms with Gasteiger partial charge in [-0.05, 0) is 63.1 Å². The molecule has 28 heavy (non-hydrogen) atoms. The normalized spacial score (nSPS) is 11.4. The molecule has 0 atom stereocenters. The van der Waals surface area contributed by atoms with Crippen molar-refractivity contribution in [2.75, 3.05) is 49.1 Å². The van der Waals surface area contributed by atoms with Crippen LogP contribution in [-0.2, 0) is 0 Å². The summed E-state index contributed by atoms with van der Waals surface area (Å²) in [7, 11) is 0. The van der Waals surface area contributed by atoms with Crippen LogP contribution in [0.5, 0.6) is 0 Å². The van der Waals surface area contributed by atoms with Gasteiger partial charge in [0.2, 0.25) is 0 Å². The monoisotopic (exact) mass is 378 g/mol. The standard InChI is InChI=1S/C24H34N4/c1-5-27(6-2)23-13-9-21(10-14-23)19-25-17-18-26-20-22-11-15-24(16-12-22)28(7-3)8-4/h9-16,19-20H,5-8,17-18H2,1-4H3/b25-19+,26-20+. The Morgan fingerprint density at radius 1 is 0.571 bits per heavy atom. The first-order valence-electron chi connectivity index (χ1n) is 10.4. The quantitative estimate of drug-likeness (QED) is 0.411. The zero-order chi connectivity index (χ0) is 20.2. The third-order valence-corrected chi connectivity index (χ3v) is 4.88. The summed E-state index contributed by atoms with van der Waals surface area (Å²) >= 11 is 0. The molecule has 0 spiro atoms. The first kappa shape index (κ1) is 21.7. The fraction of sp³-hybridized carbons (Fsp3) is 0.417. The lowest BCUT2D eigenvalue weighted by Gasteiger charge is -2.20. The second-order valence-corrected chi connectivity index (χ2v) is 6.60. The molecule has 0 heterocycles. The van der Waals surface area contributed by atoms with E-state index in [0.717, 1.165) is 37.3 Å². The Bertz CT molecular complexity index is 659. The number of hydrogen-bond acceptors (Lipinski definition) is 4. The van der Waals surface area contributed by atoms with Crippen LogP contribution in [0.15, 0.2) is 58.5 Å². The molecule has 0 unspecified atom stereocenters. The second-order valence-electron chi connectivity index (χ2n) is 6.60. The molecule has 150 valence electrons. The van der Waals surface area contributed by atoms with Gasteiger partial charge >= 0.3 is 0 Å². The molecule has 4 nitrogen and oxygen atoms in total. The molecular weight excluding hydrogens is 344 g/mol. The van der Waals surface area contributed by atoms with Gasteiger partial charge in [-0.2, -0.15) is 0 Å². The highest BCUT2D eigenvalue weighted by Gasteiger charge is 2.01. The van der Waals surface area contributed by atoms with Crippen LogP contribution in [0, 0.1) is 0 Å². The summed E-state index contributed by atoms with van der Waals surface area (Å²) in [5.74, 6) is 0. The minimum Gasteiger partial charge on any atom is -0.372 e. The predicted octanol–water partition coefficient (Wildman–Crippen LogP) is 4.92. The highest BCUT2D eigenvalue weighted by Crippen LogP contribution is 2.15. The Morgan fingerprint density at radius 2 is 0.893 bits per heavy atom. The van der Waals surface area contributed by atoms with Gasteiger partial charge in [0.05, 0.1) is 13.1 Å². The summed E-state index contributed by atoms with van der Waals surface area (Å²) in [5, 5.41) is 0. The van der Waals surface area contributed by atoms with Crippen LogP contribution in [0.4, 0.5) is 11.4 Å². The average molecular weight is 379 g/mol. The van der Waals surface area contributed by atoms with E-state index in [-0.39, 0.29) is 0 Å². The van der Waals surface area contributed by atoms with E-state index < -0.39 is 0 Å².